The van der Waals surface area contributed by atoms with Gasteiger partial charge in [0.15, 0.2) is 0 Å². The summed E-state index contributed by atoms with van der Waals surface area (Å²) in [7, 11) is 0. The number of amidine groups is 1. The number of para-hydroxylation sites is 1. The van der Waals surface area contributed by atoms with E-state index in [4.69, 9.17) is 21.4 Å². The quantitative estimate of drug-likeness (QED) is 0.448. The van der Waals surface area contributed by atoms with Gasteiger partial charge in [0.2, 0.25) is 0 Å². The SMILES string of the molecule is N=C(N)c1cc2ccccc2nc1N(CCO)CCO. The third-order valence-electron chi connectivity index (χ3n) is 3.03. The van der Waals surface area contributed by atoms with Crippen LogP contribution in [0.25, 0.3) is 10.9 Å². The predicted octanol–water partition coefficient (Wildman–Crippen LogP) is 0.310. The first-order valence-electron chi connectivity index (χ1n) is 6.38. The molecule has 2 rings (SSSR count). The minimum atomic E-state index is -0.0841. The Morgan fingerprint density at radius 2 is 1.85 bits per heavy atom. The van der Waals surface area contributed by atoms with E-state index in [9.17, 15) is 0 Å². The van der Waals surface area contributed by atoms with Crippen LogP contribution in [0, 0.1) is 5.41 Å². The van der Waals surface area contributed by atoms with Crippen molar-refractivity contribution in [3.63, 3.8) is 0 Å². The third-order valence-corrected chi connectivity index (χ3v) is 3.03. The van der Waals surface area contributed by atoms with Crippen LogP contribution in [0.5, 0.6) is 0 Å². The second-order valence-electron chi connectivity index (χ2n) is 4.40. The highest BCUT2D eigenvalue weighted by molar-refractivity contribution is 6.03. The number of nitrogens with two attached hydrogens (primary N) is 1. The number of anilines is 1. The van der Waals surface area contributed by atoms with Crippen molar-refractivity contribution in [2.24, 2.45) is 5.73 Å². The summed E-state index contributed by atoms with van der Waals surface area (Å²) >= 11 is 0. The Balaban J connectivity index is 2.58. The highest BCUT2D eigenvalue weighted by Crippen LogP contribution is 2.23. The molecule has 0 saturated heterocycles. The number of aromatic nitrogens is 1. The standard InChI is InChI=1S/C14H18N4O2/c15-13(16)11-9-10-3-1-2-4-12(10)17-14(11)18(5-7-19)6-8-20/h1-4,9,19-20H,5-8H2,(H3,15,16). The zero-order valence-electron chi connectivity index (χ0n) is 11.1. The summed E-state index contributed by atoms with van der Waals surface area (Å²) < 4.78 is 0. The second kappa shape index (κ2) is 6.31. The number of hydrogen-bond acceptors (Lipinski definition) is 5. The summed E-state index contributed by atoms with van der Waals surface area (Å²) in [6.45, 7) is 0.524. The maximum Gasteiger partial charge on any atom is 0.140 e. The van der Waals surface area contributed by atoms with E-state index in [-0.39, 0.29) is 19.0 Å². The van der Waals surface area contributed by atoms with Crippen LogP contribution in [-0.4, -0.2) is 47.3 Å². The van der Waals surface area contributed by atoms with Gasteiger partial charge in [-0.25, -0.2) is 4.98 Å². The number of fused-ring (bicyclic) bond motifs is 1. The molecule has 0 spiro atoms. The van der Waals surface area contributed by atoms with Gasteiger partial charge in [0.25, 0.3) is 0 Å². The van der Waals surface area contributed by atoms with Crippen LogP contribution in [-0.2, 0) is 0 Å². The van der Waals surface area contributed by atoms with E-state index in [0.717, 1.165) is 10.9 Å². The molecule has 0 radical (unpaired) electrons. The lowest BCUT2D eigenvalue weighted by molar-refractivity contribution is 0.280. The van der Waals surface area contributed by atoms with E-state index >= 15 is 0 Å². The molecule has 0 fully saturated rings. The molecule has 1 heterocycles. The number of aliphatic hydroxyl groups excluding tert-OH is 2. The lowest BCUT2D eigenvalue weighted by atomic mass is 10.1. The maximum atomic E-state index is 9.13. The first kappa shape index (κ1) is 14.2. The molecule has 20 heavy (non-hydrogen) atoms. The zero-order valence-corrected chi connectivity index (χ0v) is 11.1. The van der Waals surface area contributed by atoms with E-state index < -0.39 is 0 Å². The summed E-state index contributed by atoms with van der Waals surface area (Å²) in [5, 5.41) is 26.9. The van der Waals surface area contributed by atoms with Crippen LogP contribution in [0.15, 0.2) is 30.3 Å². The van der Waals surface area contributed by atoms with Gasteiger partial charge < -0.3 is 20.8 Å². The molecule has 0 amide bonds. The molecule has 0 saturated carbocycles. The summed E-state index contributed by atoms with van der Waals surface area (Å²) in [5.41, 5.74) is 6.92. The molecule has 6 heteroatoms. The van der Waals surface area contributed by atoms with Crippen molar-refractivity contribution < 1.29 is 10.2 Å². The fourth-order valence-electron chi connectivity index (χ4n) is 2.11. The van der Waals surface area contributed by atoms with Gasteiger partial charge in [-0.2, -0.15) is 0 Å². The minimum absolute atomic E-state index is 0.0636. The van der Waals surface area contributed by atoms with Crippen molar-refractivity contribution >= 4 is 22.6 Å². The number of hydrogen-bond donors (Lipinski definition) is 4. The van der Waals surface area contributed by atoms with Gasteiger partial charge in [-0.3, -0.25) is 5.41 Å². The molecular formula is C14H18N4O2. The fourth-order valence-corrected chi connectivity index (χ4v) is 2.11. The van der Waals surface area contributed by atoms with Gasteiger partial charge >= 0.3 is 0 Å². The molecule has 106 valence electrons. The third kappa shape index (κ3) is 2.87. The minimum Gasteiger partial charge on any atom is -0.395 e. The maximum absolute atomic E-state index is 9.13. The van der Waals surface area contributed by atoms with Crippen molar-refractivity contribution in [3.8, 4) is 0 Å². The first-order valence-corrected chi connectivity index (χ1v) is 6.38. The van der Waals surface area contributed by atoms with Gasteiger partial charge in [0, 0.05) is 18.5 Å². The van der Waals surface area contributed by atoms with Crippen LogP contribution < -0.4 is 10.6 Å². The van der Waals surface area contributed by atoms with Crippen LogP contribution in [0.2, 0.25) is 0 Å². The Morgan fingerprint density at radius 3 is 2.45 bits per heavy atom. The fraction of sp³-hybridized carbons (Fsp3) is 0.286. The molecule has 0 atom stereocenters. The monoisotopic (exact) mass is 274 g/mol. The average Bonchev–Trinajstić information content (AvgIpc) is 2.45. The van der Waals surface area contributed by atoms with Crippen molar-refractivity contribution in [2.45, 2.75) is 0 Å². The summed E-state index contributed by atoms with van der Waals surface area (Å²) in [4.78, 5) is 6.24. The summed E-state index contributed by atoms with van der Waals surface area (Å²) in [6.07, 6.45) is 0. The van der Waals surface area contributed by atoms with Gasteiger partial charge in [-0.15, -0.1) is 0 Å². The normalized spacial score (nSPS) is 10.7. The molecule has 0 bridgehead atoms. The smallest absolute Gasteiger partial charge is 0.140 e. The molecule has 0 aliphatic heterocycles. The number of nitrogen functional groups attached to an aromatic ring is 1. The van der Waals surface area contributed by atoms with Crippen LogP contribution >= 0.6 is 0 Å². The first-order chi connectivity index (χ1) is 9.67. The van der Waals surface area contributed by atoms with Gasteiger partial charge in [0.05, 0.1) is 24.3 Å². The predicted molar refractivity (Wildman–Crippen MR) is 79.1 cm³/mol. The van der Waals surface area contributed by atoms with Gasteiger partial charge in [0.1, 0.15) is 11.7 Å². The largest absolute Gasteiger partial charge is 0.395 e. The molecule has 1 aromatic heterocycles. The van der Waals surface area contributed by atoms with Crippen LogP contribution in [0.3, 0.4) is 0 Å². The van der Waals surface area contributed by atoms with Crippen LogP contribution in [0.1, 0.15) is 5.56 Å². The Bertz CT molecular complexity index is 609. The number of rotatable bonds is 6. The molecule has 0 aliphatic rings. The van der Waals surface area contributed by atoms with E-state index in [0.29, 0.717) is 24.5 Å². The van der Waals surface area contributed by atoms with Crippen LogP contribution in [0.4, 0.5) is 5.82 Å². The molecular weight excluding hydrogens is 256 g/mol. The zero-order chi connectivity index (χ0) is 14.5. The van der Waals surface area contributed by atoms with Crippen molar-refractivity contribution in [2.75, 3.05) is 31.2 Å². The second-order valence-corrected chi connectivity index (χ2v) is 4.40. The lowest BCUT2D eigenvalue weighted by Crippen LogP contribution is -2.32. The molecule has 6 nitrogen and oxygen atoms in total. The van der Waals surface area contributed by atoms with Gasteiger partial charge in [-0.1, -0.05) is 18.2 Å². The number of aliphatic hydroxyl groups is 2. The molecule has 1 aromatic carbocycles. The summed E-state index contributed by atoms with van der Waals surface area (Å²) in [6, 6.07) is 9.36. The summed E-state index contributed by atoms with van der Waals surface area (Å²) in [5.74, 6) is 0.429. The van der Waals surface area contributed by atoms with Gasteiger partial charge in [-0.05, 0) is 12.1 Å². The highest BCUT2D eigenvalue weighted by Gasteiger charge is 2.15. The van der Waals surface area contributed by atoms with E-state index in [1.54, 1.807) is 4.90 Å². The Hall–Kier alpha value is -2.18. The van der Waals surface area contributed by atoms with Crippen molar-refractivity contribution in [1.29, 1.82) is 5.41 Å². The molecule has 0 aliphatic carbocycles. The Morgan fingerprint density at radius 1 is 1.20 bits per heavy atom. The van der Waals surface area contributed by atoms with E-state index in [2.05, 4.69) is 4.98 Å². The Kier molecular flexibility index (Phi) is 4.49. The average molecular weight is 274 g/mol. The highest BCUT2D eigenvalue weighted by atomic mass is 16.3. The number of pyridine rings is 1. The number of benzene rings is 1. The van der Waals surface area contributed by atoms with E-state index in [1.807, 2.05) is 30.3 Å². The molecule has 5 N–H and O–H groups in total. The number of nitrogens with zero attached hydrogens (tertiary/aromatic N) is 2. The number of nitrogens with one attached hydrogen (secondary N) is 1. The Labute approximate surface area is 117 Å². The van der Waals surface area contributed by atoms with Crippen molar-refractivity contribution in [3.05, 3.63) is 35.9 Å². The van der Waals surface area contributed by atoms with Crippen molar-refractivity contribution in [1.82, 2.24) is 4.98 Å². The van der Waals surface area contributed by atoms with E-state index in [1.165, 1.54) is 0 Å². The molecule has 0 unspecified atom stereocenters. The lowest BCUT2D eigenvalue weighted by Gasteiger charge is -2.24. The molecule has 2 aromatic rings. The topological polar surface area (TPSA) is 106 Å².